The van der Waals surface area contributed by atoms with E-state index in [0.29, 0.717) is 32.1 Å². The molecule has 1 atom stereocenters. The number of aryl methyl sites for hydroxylation is 2. The van der Waals surface area contributed by atoms with E-state index < -0.39 is 0 Å². The van der Waals surface area contributed by atoms with E-state index in [1.807, 2.05) is 4.90 Å². The summed E-state index contributed by atoms with van der Waals surface area (Å²) in [5, 5.41) is 2.97. The van der Waals surface area contributed by atoms with E-state index in [4.69, 9.17) is 0 Å². The van der Waals surface area contributed by atoms with Crippen LogP contribution in [0.25, 0.3) is 0 Å². The molecule has 1 aliphatic rings. The Morgan fingerprint density at radius 1 is 1.26 bits per heavy atom. The molecule has 0 spiro atoms. The van der Waals surface area contributed by atoms with E-state index in [-0.39, 0.29) is 18.5 Å². The second kappa shape index (κ2) is 9.74. The minimum atomic E-state index is -0.139. The van der Waals surface area contributed by atoms with Gasteiger partial charge in [-0.1, -0.05) is 32.0 Å². The lowest BCUT2D eigenvalue weighted by Crippen LogP contribution is -2.54. The van der Waals surface area contributed by atoms with Crippen LogP contribution in [0.15, 0.2) is 18.2 Å². The van der Waals surface area contributed by atoms with Gasteiger partial charge in [0, 0.05) is 32.7 Å². The quantitative estimate of drug-likeness (QED) is 0.796. The summed E-state index contributed by atoms with van der Waals surface area (Å²) in [7, 11) is 2.08. The van der Waals surface area contributed by atoms with Gasteiger partial charge in [-0.05, 0) is 50.0 Å². The number of hydrogen-bond donors (Lipinski definition) is 1. The van der Waals surface area contributed by atoms with Crippen molar-refractivity contribution in [2.24, 2.45) is 5.92 Å². The molecule has 0 bridgehead atoms. The zero-order valence-electron chi connectivity index (χ0n) is 17.4. The molecule has 6 heteroatoms. The van der Waals surface area contributed by atoms with E-state index in [1.165, 1.54) is 11.1 Å². The number of carbonyl (C=O) groups excluding carboxylic acids is 2. The Bertz CT molecular complexity index is 662. The zero-order valence-corrected chi connectivity index (χ0v) is 17.4. The molecule has 0 unspecified atom stereocenters. The Kier molecular flexibility index (Phi) is 7.66. The Labute approximate surface area is 163 Å². The van der Waals surface area contributed by atoms with Crippen LogP contribution in [-0.2, 0) is 11.3 Å². The van der Waals surface area contributed by atoms with Crippen LogP contribution in [0.3, 0.4) is 0 Å². The molecule has 1 N–H and O–H groups in total. The van der Waals surface area contributed by atoms with Gasteiger partial charge in [-0.15, -0.1) is 0 Å². The van der Waals surface area contributed by atoms with E-state index in [1.54, 1.807) is 4.90 Å². The number of hydrogen-bond acceptors (Lipinski definition) is 3. The van der Waals surface area contributed by atoms with Crippen molar-refractivity contribution >= 4 is 11.9 Å². The second-order valence-electron chi connectivity index (χ2n) is 7.80. The zero-order chi connectivity index (χ0) is 20.0. The lowest BCUT2D eigenvalue weighted by atomic mass is 10.1. The number of amides is 3. The fourth-order valence-corrected chi connectivity index (χ4v) is 3.27. The highest BCUT2D eigenvalue weighted by Crippen LogP contribution is 2.14. The number of piperazine rings is 1. The van der Waals surface area contributed by atoms with Crippen molar-refractivity contribution in [3.05, 3.63) is 34.9 Å². The number of nitrogens with one attached hydrogen (secondary N) is 1. The third-order valence-electron chi connectivity index (χ3n) is 5.32. The average Bonchev–Trinajstić information content (AvgIpc) is 2.64. The van der Waals surface area contributed by atoms with Crippen molar-refractivity contribution in [1.82, 2.24) is 20.0 Å². The van der Waals surface area contributed by atoms with Crippen LogP contribution >= 0.6 is 0 Å². The van der Waals surface area contributed by atoms with Gasteiger partial charge in [0.2, 0.25) is 5.91 Å². The summed E-state index contributed by atoms with van der Waals surface area (Å²) in [6.07, 6.45) is 0. The highest BCUT2D eigenvalue weighted by molar-refractivity contribution is 5.85. The molecule has 1 aromatic rings. The molecule has 3 amide bonds. The van der Waals surface area contributed by atoms with E-state index >= 15 is 0 Å². The van der Waals surface area contributed by atoms with Gasteiger partial charge in [-0.25, -0.2) is 4.79 Å². The van der Waals surface area contributed by atoms with Gasteiger partial charge in [0.1, 0.15) is 6.54 Å². The minimum absolute atomic E-state index is 0.00777. The maximum Gasteiger partial charge on any atom is 0.317 e. The smallest absolute Gasteiger partial charge is 0.317 e. The molecule has 150 valence electrons. The molecule has 1 aromatic carbocycles. The number of urea groups is 1. The first kappa shape index (κ1) is 21.2. The molecule has 1 saturated heterocycles. The molecule has 1 fully saturated rings. The summed E-state index contributed by atoms with van der Waals surface area (Å²) in [5.41, 5.74) is 3.63. The van der Waals surface area contributed by atoms with Crippen LogP contribution in [0.2, 0.25) is 0 Å². The summed E-state index contributed by atoms with van der Waals surface area (Å²) in [6.45, 7) is 12.9. The standard InChI is InChI=1S/C21H34N4O2/c1-6-23(5)13-16(2)12-22-21(27)25-10-9-24(20(26)15-25)14-19-8-7-17(3)18(4)11-19/h7-8,11,16H,6,9-10,12-15H2,1-5H3,(H,22,27)/t16-/m0/s1. The van der Waals surface area contributed by atoms with Gasteiger partial charge < -0.3 is 20.0 Å². The Morgan fingerprint density at radius 3 is 2.63 bits per heavy atom. The van der Waals surface area contributed by atoms with Crippen molar-refractivity contribution in [2.45, 2.75) is 34.2 Å². The van der Waals surface area contributed by atoms with Crippen LogP contribution in [0, 0.1) is 19.8 Å². The number of benzene rings is 1. The van der Waals surface area contributed by atoms with Crippen molar-refractivity contribution in [2.75, 3.05) is 46.3 Å². The predicted molar refractivity (Wildman–Crippen MR) is 109 cm³/mol. The summed E-state index contributed by atoms with van der Waals surface area (Å²) in [6, 6.07) is 6.16. The largest absolute Gasteiger partial charge is 0.338 e. The van der Waals surface area contributed by atoms with E-state index in [2.05, 4.69) is 63.2 Å². The Hall–Kier alpha value is -2.08. The predicted octanol–water partition coefficient (Wildman–Crippen LogP) is 2.25. The first-order valence-electron chi connectivity index (χ1n) is 9.85. The molecular weight excluding hydrogens is 340 g/mol. The third kappa shape index (κ3) is 6.24. The van der Waals surface area contributed by atoms with Gasteiger partial charge in [0.15, 0.2) is 0 Å². The topological polar surface area (TPSA) is 55.9 Å². The van der Waals surface area contributed by atoms with Crippen LogP contribution in [-0.4, -0.2) is 73.0 Å². The fraction of sp³-hybridized carbons (Fsp3) is 0.619. The lowest BCUT2D eigenvalue weighted by Gasteiger charge is -2.34. The van der Waals surface area contributed by atoms with Gasteiger partial charge in [0.05, 0.1) is 0 Å². The maximum atomic E-state index is 12.5. The minimum Gasteiger partial charge on any atom is -0.338 e. The summed E-state index contributed by atoms with van der Waals surface area (Å²) >= 11 is 0. The molecule has 0 radical (unpaired) electrons. The summed E-state index contributed by atoms with van der Waals surface area (Å²) in [5.74, 6) is 0.383. The van der Waals surface area contributed by atoms with Crippen LogP contribution < -0.4 is 5.32 Å². The number of rotatable bonds is 7. The SMILES string of the molecule is CCN(C)C[C@@H](C)CNC(=O)N1CCN(Cc2ccc(C)c(C)c2)C(=O)C1. The molecule has 6 nitrogen and oxygen atoms in total. The molecule has 1 aliphatic heterocycles. The third-order valence-corrected chi connectivity index (χ3v) is 5.32. The van der Waals surface area contributed by atoms with Crippen LogP contribution in [0.1, 0.15) is 30.5 Å². The monoisotopic (exact) mass is 374 g/mol. The van der Waals surface area contributed by atoms with Crippen molar-refractivity contribution < 1.29 is 9.59 Å². The summed E-state index contributed by atoms with van der Waals surface area (Å²) in [4.78, 5) is 30.6. The lowest BCUT2D eigenvalue weighted by molar-refractivity contribution is -0.135. The van der Waals surface area contributed by atoms with Crippen LogP contribution in [0.5, 0.6) is 0 Å². The fourth-order valence-electron chi connectivity index (χ4n) is 3.27. The first-order valence-corrected chi connectivity index (χ1v) is 9.85. The average molecular weight is 375 g/mol. The van der Waals surface area contributed by atoms with Crippen molar-refractivity contribution in [3.8, 4) is 0 Å². The molecular formula is C21H34N4O2. The Morgan fingerprint density at radius 2 is 2.00 bits per heavy atom. The normalized spacial score (nSPS) is 16.0. The van der Waals surface area contributed by atoms with Gasteiger partial charge >= 0.3 is 6.03 Å². The van der Waals surface area contributed by atoms with Gasteiger partial charge in [-0.2, -0.15) is 0 Å². The van der Waals surface area contributed by atoms with Crippen molar-refractivity contribution in [3.63, 3.8) is 0 Å². The highest BCUT2D eigenvalue weighted by Gasteiger charge is 2.27. The molecule has 0 aromatic heterocycles. The van der Waals surface area contributed by atoms with Gasteiger partial charge in [0.25, 0.3) is 0 Å². The molecule has 2 rings (SSSR count). The Balaban J connectivity index is 1.80. The molecule has 27 heavy (non-hydrogen) atoms. The molecule has 0 aliphatic carbocycles. The van der Waals surface area contributed by atoms with Gasteiger partial charge in [-0.3, -0.25) is 4.79 Å². The maximum absolute atomic E-state index is 12.5. The number of nitrogens with zero attached hydrogens (tertiary/aromatic N) is 3. The van der Waals surface area contributed by atoms with E-state index in [9.17, 15) is 9.59 Å². The number of carbonyl (C=O) groups is 2. The molecule has 1 heterocycles. The highest BCUT2D eigenvalue weighted by atomic mass is 16.2. The second-order valence-corrected chi connectivity index (χ2v) is 7.80. The van der Waals surface area contributed by atoms with Crippen LogP contribution in [0.4, 0.5) is 4.79 Å². The molecule has 0 saturated carbocycles. The summed E-state index contributed by atoms with van der Waals surface area (Å²) < 4.78 is 0. The van der Waals surface area contributed by atoms with E-state index in [0.717, 1.165) is 18.7 Å². The van der Waals surface area contributed by atoms with Crippen molar-refractivity contribution in [1.29, 1.82) is 0 Å². The first-order chi connectivity index (χ1) is 12.8.